The molecule has 2 aromatic rings. The molecule has 1 N–H and O–H groups in total. The summed E-state index contributed by atoms with van der Waals surface area (Å²) in [5.74, 6) is 0. The van der Waals surface area contributed by atoms with Gasteiger partial charge in [0.1, 0.15) is 11.8 Å². The van der Waals surface area contributed by atoms with Crippen molar-refractivity contribution in [3.8, 4) is 0 Å². The Morgan fingerprint density at radius 2 is 2.33 bits per heavy atom. The van der Waals surface area contributed by atoms with Gasteiger partial charge in [0.05, 0.1) is 6.61 Å². The molecule has 0 saturated carbocycles. The fourth-order valence-corrected chi connectivity index (χ4v) is 2.65. The highest BCUT2D eigenvalue weighted by molar-refractivity contribution is 5.39. The largest absolute Gasteiger partial charge is 0.395 e. The molecule has 0 bridgehead atoms. The van der Waals surface area contributed by atoms with Gasteiger partial charge in [0.25, 0.3) is 0 Å². The molecule has 96 valence electrons. The number of hydrogen-bond donors (Lipinski definition) is 1. The lowest BCUT2D eigenvalue weighted by Gasteiger charge is -2.22. The van der Waals surface area contributed by atoms with Gasteiger partial charge in [0, 0.05) is 37.2 Å². The van der Waals surface area contributed by atoms with E-state index in [9.17, 15) is 9.50 Å². The third-order valence-corrected chi connectivity index (χ3v) is 3.57. The Bertz CT molecular complexity index is 542. The Labute approximate surface area is 105 Å². The molecule has 4 nitrogen and oxygen atoms in total. The fourth-order valence-electron chi connectivity index (χ4n) is 2.65. The lowest BCUT2D eigenvalue weighted by molar-refractivity contribution is 0.151. The van der Waals surface area contributed by atoms with Gasteiger partial charge in [0.15, 0.2) is 0 Å². The molecule has 0 unspecified atom stereocenters. The summed E-state index contributed by atoms with van der Waals surface area (Å²) in [6.07, 6.45) is 3.26. The van der Waals surface area contributed by atoms with Crippen molar-refractivity contribution >= 4 is 5.65 Å². The van der Waals surface area contributed by atoms with Crippen LogP contribution in [0.15, 0.2) is 30.6 Å². The SMILES string of the molecule is OC[C@@H]1C[C@H](F)CN1Cc1cccc2nccn12. The molecule has 3 rings (SSSR count). The van der Waals surface area contributed by atoms with Gasteiger partial charge in [-0.15, -0.1) is 0 Å². The number of aliphatic hydroxyl groups excluding tert-OH is 1. The van der Waals surface area contributed by atoms with Crippen molar-refractivity contribution in [3.05, 3.63) is 36.3 Å². The first-order chi connectivity index (χ1) is 8.78. The number of nitrogens with zero attached hydrogens (tertiary/aromatic N) is 3. The molecule has 1 fully saturated rings. The van der Waals surface area contributed by atoms with Crippen LogP contribution in [0.1, 0.15) is 12.1 Å². The standard InChI is InChI=1S/C13H16FN3O/c14-10-6-12(9-18)16(7-10)8-11-2-1-3-13-15-4-5-17(11)13/h1-5,10,12,18H,6-9H2/t10-,12-/m0/s1. The average Bonchev–Trinajstić information content (AvgIpc) is 2.96. The molecule has 0 radical (unpaired) electrons. The molecule has 0 aromatic carbocycles. The molecule has 3 heterocycles. The summed E-state index contributed by atoms with van der Waals surface area (Å²) in [4.78, 5) is 6.23. The zero-order valence-corrected chi connectivity index (χ0v) is 10.0. The summed E-state index contributed by atoms with van der Waals surface area (Å²) in [6.45, 7) is 1.05. The second-order valence-electron chi connectivity index (χ2n) is 4.77. The maximum atomic E-state index is 13.4. The minimum atomic E-state index is -0.829. The lowest BCUT2D eigenvalue weighted by Crippen LogP contribution is -2.32. The lowest BCUT2D eigenvalue weighted by atomic mass is 10.2. The topological polar surface area (TPSA) is 40.8 Å². The quantitative estimate of drug-likeness (QED) is 0.889. The Kier molecular flexibility index (Phi) is 3.01. The number of hydrogen-bond acceptors (Lipinski definition) is 3. The fraction of sp³-hybridized carbons (Fsp3) is 0.462. The number of alkyl halides is 1. The van der Waals surface area contributed by atoms with E-state index in [-0.39, 0.29) is 12.6 Å². The number of imidazole rings is 1. The van der Waals surface area contributed by atoms with E-state index in [0.717, 1.165) is 11.3 Å². The van der Waals surface area contributed by atoms with Crippen LogP contribution < -0.4 is 0 Å². The predicted octanol–water partition coefficient (Wildman–Crippen LogP) is 1.24. The summed E-state index contributed by atoms with van der Waals surface area (Å²) in [5.41, 5.74) is 1.96. The molecular formula is C13H16FN3O. The van der Waals surface area contributed by atoms with E-state index in [1.54, 1.807) is 6.20 Å². The minimum absolute atomic E-state index is 0.0142. The predicted molar refractivity (Wildman–Crippen MR) is 66.0 cm³/mol. The Morgan fingerprint density at radius 3 is 3.17 bits per heavy atom. The van der Waals surface area contributed by atoms with Crippen LogP contribution in [0.3, 0.4) is 0 Å². The number of likely N-dealkylation sites (tertiary alicyclic amines) is 1. The van der Waals surface area contributed by atoms with Gasteiger partial charge < -0.3 is 9.51 Å². The number of rotatable bonds is 3. The van der Waals surface area contributed by atoms with Gasteiger partial charge in [-0.3, -0.25) is 4.90 Å². The molecule has 1 saturated heterocycles. The molecular weight excluding hydrogens is 233 g/mol. The molecule has 0 amide bonds. The monoisotopic (exact) mass is 249 g/mol. The van der Waals surface area contributed by atoms with Crippen LogP contribution in [0.25, 0.3) is 5.65 Å². The number of pyridine rings is 1. The molecule has 2 aromatic heterocycles. The molecule has 5 heteroatoms. The minimum Gasteiger partial charge on any atom is -0.395 e. The zero-order valence-electron chi connectivity index (χ0n) is 10.0. The molecule has 0 aliphatic carbocycles. The van der Waals surface area contributed by atoms with Gasteiger partial charge in [-0.2, -0.15) is 0 Å². The van der Waals surface area contributed by atoms with Crippen LogP contribution in [0.4, 0.5) is 4.39 Å². The third-order valence-electron chi connectivity index (χ3n) is 3.57. The van der Waals surface area contributed by atoms with Crippen molar-refractivity contribution in [3.63, 3.8) is 0 Å². The van der Waals surface area contributed by atoms with Crippen LogP contribution in [0.5, 0.6) is 0 Å². The average molecular weight is 249 g/mol. The second kappa shape index (κ2) is 4.66. The number of aliphatic hydroxyl groups is 1. The van der Waals surface area contributed by atoms with E-state index in [4.69, 9.17) is 0 Å². The van der Waals surface area contributed by atoms with Gasteiger partial charge in [-0.1, -0.05) is 6.07 Å². The Hall–Kier alpha value is -1.46. The van der Waals surface area contributed by atoms with Crippen LogP contribution in [0.2, 0.25) is 0 Å². The van der Waals surface area contributed by atoms with E-state index >= 15 is 0 Å². The molecule has 2 atom stereocenters. The van der Waals surface area contributed by atoms with E-state index in [0.29, 0.717) is 19.5 Å². The summed E-state index contributed by atoms with van der Waals surface area (Å²) >= 11 is 0. The van der Waals surface area contributed by atoms with Gasteiger partial charge in [-0.05, 0) is 18.6 Å². The Balaban J connectivity index is 1.85. The number of fused-ring (bicyclic) bond motifs is 1. The van der Waals surface area contributed by atoms with Crippen molar-refractivity contribution < 1.29 is 9.50 Å². The summed E-state index contributed by atoms with van der Waals surface area (Å²) in [7, 11) is 0. The molecule has 0 spiro atoms. The highest BCUT2D eigenvalue weighted by atomic mass is 19.1. The second-order valence-corrected chi connectivity index (χ2v) is 4.77. The van der Waals surface area contributed by atoms with E-state index in [1.807, 2.05) is 33.7 Å². The van der Waals surface area contributed by atoms with E-state index in [2.05, 4.69) is 4.98 Å². The highest BCUT2D eigenvalue weighted by Gasteiger charge is 2.31. The van der Waals surface area contributed by atoms with E-state index in [1.165, 1.54) is 0 Å². The summed E-state index contributed by atoms with van der Waals surface area (Å²) in [5, 5.41) is 9.28. The smallest absolute Gasteiger partial charge is 0.136 e. The molecule has 18 heavy (non-hydrogen) atoms. The highest BCUT2D eigenvalue weighted by Crippen LogP contribution is 2.22. The number of aromatic nitrogens is 2. The Morgan fingerprint density at radius 1 is 1.44 bits per heavy atom. The van der Waals surface area contributed by atoms with Crippen molar-refractivity contribution in [2.75, 3.05) is 13.2 Å². The van der Waals surface area contributed by atoms with Gasteiger partial charge >= 0.3 is 0 Å². The van der Waals surface area contributed by atoms with Crippen molar-refractivity contribution in [1.29, 1.82) is 0 Å². The first kappa shape index (κ1) is 11.6. The first-order valence-electron chi connectivity index (χ1n) is 6.18. The first-order valence-corrected chi connectivity index (χ1v) is 6.18. The molecule has 1 aliphatic heterocycles. The maximum absolute atomic E-state index is 13.4. The summed E-state index contributed by atoms with van der Waals surface area (Å²) in [6, 6.07) is 5.83. The maximum Gasteiger partial charge on any atom is 0.136 e. The van der Waals surface area contributed by atoms with Crippen molar-refractivity contribution in [1.82, 2.24) is 14.3 Å². The van der Waals surface area contributed by atoms with E-state index < -0.39 is 6.17 Å². The normalized spacial score (nSPS) is 25.0. The van der Waals surface area contributed by atoms with Crippen LogP contribution in [-0.4, -0.2) is 44.8 Å². The van der Waals surface area contributed by atoms with Crippen LogP contribution in [0, 0.1) is 0 Å². The molecule has 1 aliphatic rings. The van der Waals surface area contributed by atoms with Crippen molar-refractivity contribution in [2.24, 2.45) is 0 Å². The third kappa shape index (κ3) is 2.00. The van der Waals surface area contributed by atoms with Gasteiger partial charge in [-0.25, -0.2) is 9.37 Å². The van der Waals surface area contributed by atoms with Crippen LogP contribution in [-0.2, 0) is 6.54 Å². The van der Waals surface area contributed by atoms with Gasteiger partial charge in [0.2, 0.25) is 0 Å². The van der Waals surface area contributed by atoms with Crippen LogP contribution >= 0.6 is 0 Å². The zero-order chi connectivity index (χ0) is 12.5. The summed E-state index contributed by atoms with van der Waals surface area (Å²) < 4.78 is 15.4. The van der Waals surface area contributed by atoms with Crippen molar-refractivity contribution in [2.45, 2.75) is 25.2 Å². The number of halogens is 1.